The van der Waals surface area contributed by atoms with E-state index >= 15 is 0 Å². The predicted octanol–water partition coefficient (Wildman–Crippen LogP) is 3.76. The van der Waals surface area contributed by atoms with Crippen molar-refractivity contribution in [3.8, 4) is 5.75 Å². The van der Waals surface area contributed by atoms with Crippen molar-refractivity contribution in [1.29, 1.82) is 0 Å². The molecule has 0 spiro atoms. The van der Waals surface area contributed by atoms with Crippen LogP contribution in [0.1, 0.15) is 39.4 Å². The molecule has 2 heterocycles. The van der Waals surface area contributed by atoms with Crippen molar-refractivity contribution in [2.75, 3.05) is 32.1 Å². The van der Waals surface area contributed by atoms with Crippen LogP contribution in [0.3, 0.4) is 0 Å². The number of anilines is 1. The van der Waals surface area contributed by atoms with Gasteiger partial charge in [0.1, 0.15) is 5.75 Å². The van der Waals surface area contributed by atoms with Crippen LogP contribution in [0.15, 0.2) is 36.4 Å². The number of carbonyl (C=O) groups is 1. The molecule has 1 amide bonds. The molecule has 0 bridgehead atoms. The third-order valence-electron chi connectivity index (χ3n) is 5.76. The molecule has 1 saturated heterocycles. The molecule has 0 aromatic heterocycles. The third kappa shape index (κ3) is 2.69. The van der Waals surface area contributed by atoms with Crippen molar-refractivity contribution >= 4 is 11.6 Å². The van der Waals surface area contributed by atoms with Gasteiger partial charge in [-0.15, -0.1) is 0 Å². The molecule has 0 saturated carbocycles. The number of likely N-dealkylation sites (tertiary alicyclic amines) is 1. The summed E-state index contributed by atoms with van der Waals surface area (Å²) in [4.78, 5) is 18.0. The Bertz CT molecular complexity index is 861. The molecule has 2 aromatic rings. The van der Waals surface area contributed by atoms with E-state index in [1.807, 2.05) is 30.0 Å². The van der Waals surface area contributed by atoms with Gasteiger partial charge in [0, 0.05) is 24.2 Å². The SMILES string of the molecule is COc1cc(C)ccc1C(=O)N1c2ccc(C)cc2C2CN(C)CCC21. The lowest BCUT2D eigenvalue weighted by atomic mass is 9.88. The molecule has 2 aromatic carbocycles. The lowest BCUT2D eigenvalue weighted by molar-refractivity contribution is 0.0961. The number of amides is 1. The smallest absolute Gasteiger partial charge is 0.262 e. The zero-order valence-electron chi connectivity index (χ0n) is 16.0. The summed E-state index contributed by atoms with van der Waals surface area (Å²) in [7, 11) is 3.80. The molecule has 4 heteroatoms. The second-order valence-electron chi connectivity index (χ2n) is 7.67. The first-order valence-electron chi connectivity index (χ1n) is 9.27. The number of nitrogens with zero attached hydrogens (tertiary/aromatic N) is 2. The van der Waals surface area contributed by atoms with Crippen molar-refractivity contribution < 1.29 is 9.53 Å². The molecule has 4 nitrogen and oxygen atoms in total. The van der Waals surface area contributed by atoms with E-state index in [4.69, 9.17) is 4.74 Å². The molecule has 26 heavy (non-hydrogen) atoms. The Hall–Kier alpha value is -2.33. The summed E-state index contributed by atoms with van der Waals surface area (Å²) >= 11 is 0. The van der Waals surface area contributed by atoms with Crippen molar-refractivity contribution in [3.63, 3.8) is 0 Å². The molecule has 0 aliphatic carbocycles. The van der Waals surface area contributed by atoms with Gasteiger partial charge in [-0.3, -0.25) is 4.79 Å². The third-order valence-corrected chi connectivity index (χ3v) is 5.76. The number of ether oxygens (including phenoxy) is 1. The number of piperidine rings is 1. The number of rotatable bonds is 2. The summed E-state index contributed by atoms with van der Waals surface area (Å²) in [6.45, 7) is 6.14. The Morgan fingerprint density at radius 2 is 1.85 bits per heavy atom. The van der Waals surface area contributed by atoms with Crippen LogP contribution in [0.25, 0.3) is 0 Å². The van der Waals surface area contributed by atoms with Gasteiger partial charge in [0.05, 0.1) is 12.7 Å². The summed E-state index contributed by atoms with van der Waals surface area (Å²) in [5, 5.41) is 0. The Morgan fingerprint density at radius 1 is 1.12 bits per heavy atom. The van der Waals surface area contributed by atoms with Crippen LogP contribution in [-0.4, -0.2) is 44.1 Å². The quantitative estimate of drug-likeness (QED) is 0.827. The van der Waals surface area contributed by atoms with E-state index in [-0.39, 0.29) is 11.9 Å². The standard InChI is InChI=1S/C22H26N2O2/c1-14-6-8-19-17(11-14)18-13-23(3)10-9-20(18)24(19)22(25)16-7-5-15(2)12-21(16)26-4/h5-8,11-12,18,20H,9-10,13H2,1-4H3. The van der Waals surface area contributed by atoms with Crippen molar-refractivity contribution in [2.24, 2.45) is 0 Å². The molecule has 2 atom stereocenters. The Labute approximate surface area is 155 Å². The fourth-order valence-corrected chi connectivity index (χ4v) is 4.45. The van der Waals surface area contributed by atoms with Crippen LogP contribution in [-0.2, 0) is 0 Å². The average Bonchev–Trinajstić information content (AvgIpc) is 2.94. The van der Waals surface area contributed by atoms with E-state index < -0.39 is 0 Å². The second-order valence-corrected chi connectivity index (χ2v) is 7.67. The van der Waals surface area contributed by atoms with Gasteiger partial charge in [-0.2, -0.15) is 0 Å². The first kappa shape index (κ1) is 17.1. The summed E-state index contributed by atoms with van der Waals surface area (Å²) in [6, 6.07) is 12.5. The van der Waals surface area contributed by atoms with E-state index in [1.165, 1.54) is 11.1 Å². The average molecular weight is 350 g/mol. The van der Waals surface area contributed by atoms with E-state index in [9.17, 15) is 4.79 Å². The van der Waals surface area contributed by atoms with E-state index in [1.54, 1.807) is 7.11 Å². The number of fused-ring (bicyclic) bond motifs is 3. The number of likely N-dealkylation sites (N-methyl/N-ethyl adjacent to an activating group) is 1. The van der Waals surface area contributed by atoms with E-state index in [0.29, 0.717) is 17.2 Å². The summed E-state index contributed by atoms with van der Waals surface area (Å²) in [5.41, 5.74) is 5.35. The second kappa shape index (κ2) is 6.44. The fraction of sp³-hybridized carbons (Fsp3) is 0.409. The summed E-state index contributed by atoms with van der Waals surface area (Å²) in [6.07, 6.45) is 0.995. The van der Waals surface area contributed by atoms with Gasteiger partial charge in [0.25, 0.3) is 5.91 Å². The van der Waals surface area contributed by atoms with Gasteiger partial charge in [-0.05, 0) is 63.2 Å². The van der Waals surface area contributed by atoms with Gasteiger partial charge < -0.3 is 14.5 Å². The Morgan fingerprint density at radius 3 is 2.62 bits per heavy atom. The first-order chi connectivity index (χ1) is 12.5. The first-order valence-corrected chi connectivity index (χ1v) is 9.27. The largest absolute Gasteiger partial charge is 0.496 e. The van der Waals surface area contributed by atoms with Crippen molar-refractivity contribution in [3.05, 3.63) is 58.7 Å². The molecule has 2 unspecified atom stereocenters. The highest BCUT2D eigenvalue weighted by molar-refractivity contribution is 6.09. The molecular weight excluding hydrogens is 324 g/mol. The summed E-state index contributed by atoms with van der Waals surface area (Å²) in [5.74, 6) is 1.08. The number of hydrogen-bond acceptors (Lipinski definition) is 3. The summed E-state index contributed by atoms with van der Waals surface area (Å²) < 4.78 is 5.51. The highest BCUT2D eigenvalue weighted by Gasteiger charge is 2.44. The predicted molar refractivity (Wildman–Crippen MR) is 104 cm³/mol. The van der Waals surface area contributed by atoms with Crippen LogP contribution in [0.5, 0.6) is 5.75 Å². The van der Waals surface area contributed by atoms with Crippen LogP contribution in [0.4, 0.5) is 5.69 Å². The Kier molecular flexibility index (Phi) is 4.23. The highest BCUT2D eigenvalue weighted by atomic mass is 16.5. The zero-order chi connectivity index (χ0) is 18.4. The lowest BCUT2D eigenvalue weighted by Crippen LogP contribution is -2.47. The monoisotopic (exact) mass is 350 g/mol. The van der Waals surface area contributed by atoms with Crippen LogP contribution < -0.4 is 9.64 Å². The van der Waals surface area contributed by atoms with Gasteiger partial charge in [-0.1, -0.05) is 23.8 Å². The maximum Gasteiger partial charge on any atom is 0.262 e. The molecule has 2 aliphatic heterocycles. The Balaban J connectivity index is 1.80. The minimum atomic E-state index is 0.0454. The molecular formula is C22H26N2O2. The normalized spacial score (nSPS) is 22.1. The molecule has 2 aliphatic rings. The number of aryl methyl sites for hydroxylation is 2. The maximum atomic E-state index is 13.6. The van der Waals surface area contributed by atoms with E-state index in [2.05, 4.69) is 37.1 Å². The molecule has 4 rings (SSSR count). The zero-order valence-corrected chi connectivity index (χ0v) is 16.0. The van der Waals surface area contributed by atoms with Gasteiger partial charge in [-0.25, -0.2) is 0 Å². The maximum absolute atomic E-state index is 13.6. The number of benzene rings is 2. The molecule has 0 N–H and O–H groups in total. The number of carbonyl (C=O) groups excluding carboxylic acids is 1. The van der Waals surface area contributed by atoms with E-state index in [0.717, 1.165) is 30.8 Å². The molecule has 0 radical (unpaired) electrons. The van der Waals surface area contributed by atoms with Gasteiger partial charge in [0.2, 0.25) is 0 Å². The highest BCUT2D eigenvalue weighted by Crippen LogP contribution is 2.46. The minimum Gasteiger partial charge on any atom is -0.496 e. The van der Waals surface area contributed by atoms with Crippen LogP contribution >= 0.6 is 0 Å². The molecule has 1 fully saturated rings. The van der Waals surface area contributed by atoms with Crippen molar-refractivity contribution in [2.45, 2.75) is 32.2 Å². The van der Waals surface area contributed by atoms with Gasteiger partial charge >= 0.3 is 0 Å². The van der Waals surface area contributed by atoms with Crippen LogP contribution in [0.2, 0.25) is 0 Å². The van der Waals surface area contributed by atoms with Gasteiger partial charge in [0.15, 0.2) is 0 Å². The minimum absolute atomic E-state index is 0.0454. The fourth-order valence-electron chi connectivity index (χ4n) is 4.45. The topological polar surface area (TPSA) is 32.8 Å². The lowest BCUT2D eigenvalue weighted by Gasteiger charge is -2.36. The van der Waals surface area contributed by atoms with Crippen molar-refractivity contribution in [1.82, 2.24) is 4.90 Å². The number of methoxy groups -OCH3 is 1. The molecule has 136 valence electrons. The van der Waals surface area contributed by atoms with Crippen LogP contribution in [0, 0.1) is 13.8 Å². The number of hydrogen-bond donors (Lipinski definition) is 0.